The molecule has 0 saturated carbocycles. The summed E-state index contributed by atoms with van der Waals surface area (Å²) in [6, 6.07) is 3.94. The van der Waals surface area contributed by atoms with Gasteiger partial charge in [-0.25, -0.2) is 4.39 Å². The Morgan fingerprint density at radius 2 is 2.12 bits per heavy atom. The number of rotatable bonds is 5. The maximum atomic E-state index is 13.0. The van der Waals surface area contributed by atoms with Crippen LogP contribution in [0.1, 0.15) is 5.56 Å². The SMILES string of the molecule is COCOc1ccc(F)cc1CC(=O)OC. The van der Waals surface area contributed by atoms with Gasteiger partial charge < -0.3 is 14.2 Å². The molecule has 0 fully saturated rings. The Hall–Kier alpha value is -1.62. The van der Waals surface area contributed by atoms with Crippen LogP contribution in [-0.4, -0.2) is 27.0 Å². The topological polar surface area (TPSA) is 44.8 Å². The number of hydrogen-bond acceptors (Lipinski definition) is 4. The molecule has 0 aliphatic rings. The van der Waals surface area contributed by atoms with Crippen LogP contribution in [0.3, 0.4) is 0 Å². The van der Waals surface area contributed by atoms with Gasteiger partial charge in [0.25, 0.3) is 0 Å². The van der Waals surface area contributed by atoms with Crippen molar-refractivity contribution >= 4 is 5.97 Å². The molecule has 0 radical (unpaired) electrons. The summed E-state index contributed by atoms with van der Waals surface area (Å²) in [4.78, 5) is 11.1. The Balaban J connectivity index is 2.84. The predicted molar refractivity (Wildman–Crippen MR) is 54.6 cm³/mol. The third kappa shape index (κ3) is 3.51. The number of benzene rings is 1. The van der Waals surface area contributed by atoms with Gasteiger partial charge in [-0.2, -0.15) is 0 Å². The quantitative estimate of drug-likeness (QED) is 0.566. The molecule has 1 aromatic carbocycles. The Bertz CT molecular complexity index is 365. The summed E-state index contributed by atoms with van der Waals surface area (Å²) < 4.78 is 27.4. The summed E-state index contributed by atoms with van der Waals surface area (Å²) in [7, 11) is 2.75. The average Bonchev–Trinajstić information content (AvgIpc) is 2.28. The molecule has 5 heteroatoms. The van der Waals surface area contributed by atoms with Gasteiger partial charge in [-0.05, 0) is 18.2 Å². The summed E-state index contributed by atoms with van der Waals surface area (Å²) in [5.41, 5.74) is 0.434. The van der Waals surface area contributed by atoms with Crippen LogP contribution in [0, 0.1) is 5.82 Å². The number of methoxy groups -OCH3 is 2. The molecule has 4 nitrogen and oxygen atoms in total. The van der Waals surface area contributed by atoms with Crippen molar-refractivity contribution in [3.63, 3.8) is 0 Å². The largest absolute Gasteiger partial charge is 0.469 e. The van der Waals surface area contributed by atoms with Gasteiger partial charge in [-0.3, -0.25) is 4.79 Å². The van der Waals surface area contributed by atoms with Gasteiger partial charge in [0, 0.05) is 12.7 Å². The van der Waals surface area contributed by atoms with Crippen molar-refractivity contribution in [3.8, 4) is 5.75 Å². The van der Waals surface area contributed by atoms with E-state index in [0.29, 0.717) is 11.3 Å². The summed E-state index contributed by atoms with van der Waals surface area (Å²) >= 11 is 0. The molecule has 0 unspecified atom stereocenters. The maximum Gasteiger partial charge on any atom is 0.310 e. The number of hydrogen-bond donors (Lipinski definition) is 0. The zero-order valence-electron chi connectivity index (χ0n) is 9.16. The normalized spacial score (nSPS) is 9.94. The Morgan fingerprint density at radius 1 is 1.38 bits per heavy atom. The highest BCUT2D eigenvalue weighted by Gasteiger charge is 2.10. The minimum atomic E-state index is -0.451. The number of ether oxygens (including phenoxy) is 3. The van der Waals surface area contributed by atoms with Crippen LogP contribution < -0.4 is 4.74 Å². The lowest BCUT2D eigenvalue weighted by atomic mass is 10.1. The third-order valence-electron chi connectivity index (χ3n) is 1.92. The second kappa shape index (κ2) is 6.07. The van der Waals surface area contributed by atoms with Crippen molar-refractivity contribution in [3.05, 3.63) is 29.6 Å². The van der Waals surface area contributed by atoms with Crippen molar-refractivity contribution in [1.29, 1.82) is 0 Å². The molecule has 0 saturated heterocycles. The molecule has 0 N–H and O–H groups in total. The lowest BCUT2D eigenvalue weighted by Crippen LogP contribution is -2.08. The Labute approximate surface area is 92.9 Å². The van der Waals surface area contributed by atoms with E-state index in [0.717, 1.165) is 0 Å². The van der Waals surface area contributed by atoms with E-state index in [4.69, 9.17) is 9.47 Å². The van der Waals surface area contributed by atoms with Crippen LogP contribution in [0.25, 0.3) is 0 Å². The van der Waals surface area contributed by atoms with E-state index >= 15 is 0 Å². The molecule has 88 valence electrons. The molecule has 0 spiro atoms. The van der Waals surface area contributed by atoms with E-state index in [9.17, 15) is 9.18 Å². The van der Waals surface area contributed by atoms with Crippen LogP contribution >= 0.6 is 0 Å². The highest BCUT2D eigenvalue weighted by atomic mass is 19.1. The number of esters is 1. The summed E-state index contributed by atoms with van der Waals surface area (Å²) in [6.07, 6.45) is -0.0344. The van der Waals surface area contributed by atoms with Crippen molar-refractivity contribution in [2.45, 2.75) is 6.42 Å². The number of carbonyl (C=O) groups is 1. The number of carbonyl (C=O) groups excluding carboxylic acids is 1. The van der Waals surface area contributed by atoms with Gasteiger partial charge in [-0.1, -0.05) is 0 Å². The Morgan fingerprint density at radius 3 is 2.75 bits per heavy atom. The van der Waals surface area contributed by atoms with Crippen LogP contribution in [-0.2, 0) is 20.7 Å². The summed E-state index contributed by atoms with van der Waals surface area (Å²) in [6.45, 7) is 0.0415. The lowest BCUT2D eigenvalue weighted by molar-refractivity contribution is -0.139. The molecule has 1 aromatic rings. The van der Waals surface area contributed by atoms with E-state index < -0.39 is 11.8 Å². The van der Waals surface area contributed by atoms with Gasteiger partial charge in [0.1, 0.15) is 11.6 Å². The highest BCUT2D eigenvalue weighted by Crippen LogP contribution is 2.20. The monoisotopic (exact) mass is 228 g/mol. The molecule has 0 heterocycles. The zero-order chi connectivity index (χ0) is 12.0. The highest BCUT2D eigenvalue weighted by molar-refractivity contribution is 5.73. The first-order chi connectivity index (χ1) is 7.67. The van der Waals surface area contributed by atoms with E-state index in [-0.39, 0.29) is 13.2 Å². The molecule has 0 bridgehead atoms. The molecule has 0 amide bonds. The van der Waals surface area contributed by atoms with E-state index in [1.165, 1.54) is 32.4 Å². The van der Waals surface area contributed by atoms with Crippen molar-refractivity contribution in [2.75, 3.05) is 21.0 Å². The molecular formula is C11H13FO4. The van der Waals surface area contributed by atoms with Gasteiger partial charge in [0.05, 0.1) is 13.5 Å². The van der Waals surface area contributed by atoms with Gasteiger partial charge in [0.15, 0.2) is 6.79 Å². The summed E-state index contributed by atoms with van der Waals surface area (Å²) in [5.74, 6) is -0.467. The van der Waals surface area contributed by atoms with Crippen molar-refractivity contribution < 1.29 is 23.4 Å². The van der Waals surface area contributed by atoms with Crippen LogP contribution in [0.15, 0.2) is 18.2 Å². The van der Waals surface area contributed by atoms with Gasteiger partial charge >= 0.3 is 5.97 Å². The first-order valence-corrected chi connectivity index (χ1v) is 4.64. The second-order valence-electron chi connectivity index (χ2n) is 3.06. The van der Waals surface area contributed by atoms with Crippen LogP contribution in [0.5, 0.6) is 5.75 Å². The fourth-order valence-corrected chi connectivity index (χ4v) is 1.18. The third-order valence-corrected chi connectivity index (χ3v) is 1.92. The van der Waals surface area contributed by atoms with Gasteiger partial charge in [-0.15, -0.1) is 0 Å². The van der Waals surface area contributed by atoms with Crippen molar-refractivity contribution in [1.82, 2.24) is 0 Å². The minimum absolute atomic E-state index is 0.0344. The molecule has 0 atom stereocenters. The smallest absolute Gasteiger partial charge is 0.310 e. The van der Waals surface area contributed by atoms with E-state index in [2.05, 4.69) is 4.74 Å². The van der Waals surface area contributed by atoms with Crippen LogP contribution in [0.4, 0.5) is 4.39 Å². The fraction of sp³-hybridized carbons (Fsp3) is 0.364. The standard InChI is InChI=1S/C11H13FO4/c1-14-7-16-10-4-3-9(12)5-8(10)6-11(13)15-2/h3-5H,6-7H2,1-2H3. The zero-order valence-corrected chi connectivity index (χ0v) is 9.16. The van der Waals surface area contributed by atoms with Gasteiger partial charge in [0.2, 0.25) is 0 Å². The Kier molecular flexibility index (Phi) is 4.72. The predicted octanol–water partition coefficient (Wildman–Crippen LogP) is 1.52. The van der Waals surface area contributed by atoms with Crippen molar-refractivity contribution in [2.24, 2.45) is 0 Å². The molecule has 0 aromatic heterocycles. The van der Waals surface area contributed by atoms with Crippen LogP contribution in [0.2, 0.25) is 0 Å². The van der Waals surface area contributed by atoms with E-state index in [1.54, 1.807) is 0 Å². The average molecular weight is 228 g/mol. The number of halogens is 1. The molecule has 16 heavy (non-hydrogen) atoms. The molecular weight excluding hydrogens is 215 g/mol. The first-order valence-electron chi connectivity index (χ1n) is 4.64. The lowest BCUT2D eigenvalue weighted by Gasteiger charge is -2.09. The minimum Gasteiger partial charge on any atom is -0.469 e. The maximum absolute atomic E-state index is 13.0. The fourth-order valence-electron chi connectivity index (χ4n) is 1.18. The first kappa shape index (κ1) is 12.4. The molecule has 0 aliphatic carbocycles. The molecule has 1 rings (SSSR count). The van der Waals surface area contributed by atoms with E-state index in [1.807, 2.05) is 0 Å². The second-order valence-corrected chi connectivity index (χ2v) is 3.06. The molecule has 0 aliphatic heterocycles. The summed E-state index contributed by atoms with van der Waals surface area (Å²) in [5, 5.41) is 0.